The van der Waals surface area contributed by atoms with Gasteiger partial charge in [0.1, 0.15) is 17.1 Å². The van der Waals surface area contributed by atoms with E-state index in [2.05, 4.69) is 21.7 Å². The molecule has 1 aliphatic heterocycles. The molecule has 1 aromatic heterocycles. The lowest BCUT2D eigenvalue weighted by atomic mass is 9.96. The van der Waals surface area contributed by atoms with E-state index in [0.717, 1.165) is 30.0 Å². The van der Waals surface area contributed by atoms with Crippen LogP contribution in [0.15, 0.2) is 39.7 Å². The Morgan fingerprint density at radius 3 is 2.77 bits per heavy atom. The topological polar surface area (TPSA) is 90.1 Å². The van der Waals surface area contributed by atoms with Crippen molar-refractivity contribution >= 4 is 17.6 Å². The average molecular weight is 427 g/mol. The van der Waals surface area contributed by atoms with E-state index in [9.17, 15) is 9.90 Å². The summed E-state index contributed by atoms with van der Waals surface area (Å²) in [5.74, 6) is 2.26. The van der Waals surface area contributed by atoms with E-state index in [4.69, 9.17) is 4.42 Å². The number of rotatable bonds is 8. The summed E-state index contributed by atoms with van der Waals surface area (Å²) >= 11 is 0. The first-order valence-corrected chi connectivity index (χ1v) is 11.0. The standard InChI is InChI=1S/C24H34N4O3/c1-5-25-23(27-16-24(4,30)20-15-17(2)31-18(20)3)26-13-8-11-22(29)28-14-12-19-9-6-7-10-21(19)28/h6-7,9-10,15,30H,5,8,11-14,16H2,1-4H3,(H2,25,26,27). The number of aliphatic imine (C=N–C) groups is 1. The molecule has 1 atom stereocenters. The average Bonchev–Trinajstić information content (AvgIpc) is 3.32. The number of nitrogens with zero attached hydrogens (tertiary/aromatic N) is 2. The molecule has 1 aromatic carbocycles. The summed E-state index contributed by atoms with van der Waals surface area (Å²) in [6.45, 7) is 9.74. The fourth-order valence-electron chi connectivity index (χ4n) is 4.00. The van der Waals surface area contributed by atoms with E-state index in [1.54, 1.807) is 6.92 Å². The number of benzene rings is 1. The second kappa shape index (κ2) is 10.0. The van der Waals surface area contributed by atoms with E-state index in [1.165, 1.54) is 5.56 Å². The Morgan fingerprint density at radius 2 is 2.06 bits per heavy atom. The van der Waals surface area contributed by atoms with Crippen molar-refractivity contribution in [3.05, 3.63) is 53.0 Å². The summed E-state index contributed by atoms with van der Waals surface area (Å²) < 4.78 is 5.55. The molecule has 0 bridgehead atoms. The minimum atomic E-state index is -1.12. The van der Waals surface area contributed by atoms with Gasteiger partial charge < -0.3 is 25.1 Å². The summed E-state index contributed by atoms with van der Waals surface area (Å²) in [6.07, 6.45) is 2.11. The molecule has 3 N–H and O–H groups in total. The molecular weight excluding hydrogens is 392 g/mol. The van der Waals surface area contributed by atoms with Gasteiger partial charge in [0.05, 0.1) is 6.54 Å². The third kappa shape index (κ3) is 5.67. The summed E-state index contributed by atoms with van der Waals surface area (Å²) in [5, 5.41) is 17.3. The van der Waals surface area contributed by atoms with Crippen LogP contribution in [0.5, 0.6) is 0 Å². The molecule has 2 heterocycles. The normalized spacial score (nSPS) is 15.5. The minimum absolute atomic E-state index is 0.155. The number of carbonyl (C=O) groups is 1. The highest BCUT2D eigenvalue weighted by Gasteiger charge is 2.27. The molecule has 3 rings (SSSR count). The molecule has 0 saturated heterocycles. The summed E-state index contributed by atoms with van der Waals surface area (Å²) in [4.78, 5) is 19.1. The number of amides is 1. The highest BCUT2D eigenvalue weighted by molar-refractivity contribution is 5.95. The first-order chi connectivity index (χ1) is 14.8. The molecule has 7 heteroatoms. The van der Waals surface area contributed by atoms with Gasteiger partial charge in [-0.05, 0) is 58.2 Å². The number of nitrogens with one attached hydrogen (secondary N) is 2. The minimum Gasteiger partial charge on any atom is -0.466 e. The SMILES string of the molecule is CCNC(=NCC(C)(O)c1cc(C)oc1C)NCCCC(=O)N1CCc2ccccc21. The molecule has 0 aliphatic carbocycles. The Labute approximate surface area is 184 Å². The molecule has 0 radical (unpaired) electrons. The number of hydrogen-bond donors (Lipinski definition) is 3. The zero-order valence-electron chi connectivity index (χ0n) is 19.0. The van der Waals surface area contributed by atoms with Crippen LogP contribution in [0.2, 0.25) is 0 Å². The van der Waals surface area contributed by atoms with E-state index < -0.39 is 5.60 Å². The summed E-state index contributed by atoms with van der Waals surface area (Å²) in [6, 6.07) is 9.96. The first kappa shape index (κ1) is 22.9. The van der Waals surface area contributed by atoms with Crippen molar-refractivity contribution in [2.45, 2.75) is 52.6 Å². The molecule has 1 unspecified atom stereocenters. The Hall–Kier alpha value is -2.80. The van der Waals surface area contributed by atoms with Gasteiger partial charge in [0.25, 0.3) is 0 Å². The zero-order valence-corrected chi connectivity index (χ0v) is 19.0. The Bertz CT molecular complexity index is 933. The number of anilines is 1. The van der Waals surface area contributed by atoms with Gasteiger partial charge in [-0.25, -0.2) is 4.99 Å². The van der Waals surface area contributed by atoms with Crippen molar-refractivity contribution in [3.63, 3.8) is 0 Å². The van der Waals surface area contributed by atoms with Gasteiger partial charge in [-0.3, -0.25) is 4.79 Å². The van der Waals surface area contributed by atoms with Crippen molar-refractivity contribution < 1.29 is 14.3 Å². The van der Waals surface area contributed by atoms with E-state index in [1.807, 2.05) is 49.9 Å². The van der Waals surface area contributed by atoms with Gasteiger partial charge in [-0.2, -0.15) is 0 Å². The van der Waals surface area contributed by atoms with Gasteiger partial charge in [-0.1, -0.05) is 18.2 Å². The molecule has 168 valence electrons. The van der Waals surface area contributed by atoms with Gasteiger partial charge in [0, 0.05) is 37.3 Å². The maximum atomic E-state index is 12.6. The van der Waals surface area contributed by atoms with Gasteiger partial charge in [-0.15, -0.1) is 0 Å². The lowest BCUT2D eigenvalue weighted by Crippen LogP contribution is -2.39. The van der Waals surface area contributed by atoms with Crippen LogP contribution in [0, 0.1) is 13.8 Å². The summed E-state index contributed by atoms with van der Waals surface area (Å²) in [5.41, 5.74) is 1.91. The number of aryl methyl sites for hydroxylation is 2. The number of para-hydroxylation sites is 1. The second-order valence-corrected chi connectivity index (χ2v) is 8.25. The third-order valence-electron chi connectivity index (χ3n) is 5.56. The largest absolute Gasteiger partial charge is 0.466 e. The molecule has 0 spiro atoms. The number of hydrogen-bond acceptors (Lipinski definition) is 4. The van der Waals surface area contributed by atoms with Crippen LogP contribution in [0.3, 0.4) is 0 Å². The third-order valence-corrected chi connectivity index (χ3v) is 5.56. The highest BCUT2D eigenvalue weighted by Crippen LogP contribution is 2.28. The van der Waals surface area contributed by atoms with Gasteiger partial charge in [0.15, 0.2) is 5.96 Å². The second-order valence-electron chi connectivity index (χ2n) is 8.25. The molecule has 7 nitrogen and oxygen atoms in total. The molecule has 2 aromatic rings. The molecule has 0 fully saturated rings. The molecule has 1 aliphatic rings. The predicted molar refractivity (Wildman–Crippen MR) is 123 cm³/mol. The molecule has 31 heavy (non-hydrogen) atoms. The lowest BCUT2D eigenvalue weighted by molar-refractivity contribution is -0.118. The monoisotopic (exact) mass is 426 g/mol. The van der Waals surface area contributed by atoms with Gasteiger partial charge in [0.2, 0.25) is 5.91 Å². The van der Waals surface area contributed by atoms with Crippen LogP contribution in [0.25, 0.3) is 0 Å². The summed E-state index contributed by atoms with van der Waals surface area (Å²) in [7, 11) is 0. The van der Waals surface area contributed by atoms with Crippen molar-refractivity contribution in [2.75, 3.05) is 31.1 Å². The Balaban J connectivity index is 1.50. The van der Waals surface area contributed by atoms with E-state index in [0.29, 0.717) is 37.7 Å². The number of furan rings is 1. The van der Waals surface area contributed by atoms with Gasteiger partial charge >= 0.3 is 0 Å². The first-order valence-electron chi connectivity index (χ1n) is 11.0. The number of fused-ring (bicyclic) bond motifs is 1. The molecule has 1 amide bonds. The fraction of sp³-hybridized carbons (Fsp3) is 0.500. The van der Waals surface area contributed by atoms with Crippen LogP contribution >= 0.6 is 0 Å². The Morgan fingerprint density at radius 1 is 1.29 bits per heavy atom. The predicted octanol–water partition coefficient (Wildman–Crippen LogP) is 3.03. The van der Waals surface area contributed by atoms with Crippen LogP contribution in [0.4, 0.5) is 5.69 Å². The van der Waals surface area contributed by atoms with Crippen molar-refractivity contribution in [1.29, 1.82) is 0 Å². The van der Waals surface area contributed by atoms with E-state index in [-0.39, 0.29) is 12.5 Å². The number of aliphatic hydroxyl groups is 1. The highest BCUT2D eigenvalue weighted by atomic mass is 16.3. The van der Waals surface area contributed by atoms with Crippen molar-refractivity contribution in [2.24, 2.45) is 4.99 Å². The van der Waals surface area contributed by atoms with Crippen molar-refractivity contribution in [1.82, 2.24) is 10.6 Å². The van der Waals surface area contributed by atoms with Crippen LogP contribution in [-0.2, 0) is 16.8 Å². The smallest absolute Gasteiger partial charge is 0.227 e. The fourth-order valence-corrected chi connectivity index (χ4v) is 4.00. The van der Waals surface area contributed by atoms with Crippen molar-refractivity contribution in [3.8, 4) is 0 Å². The van der Waals surface area contributed by atoms with Crippen LogP contribution < -0.4 is 15.5 Å². The van der Waals surface area contributed by atoms with Crippen LogP contribution in [0.1, 0.15) is 49.3 Å². The maximum absolute atomic E-state index is 12.6. The quantitative estimate of drug-likeness (QED) is 0.343. The maximum Gasteiger partial charge on any atom is 0.227 e. The zero-order chi connectivity index (χ0) is 22.4. The van der Waals surface area contributed by atoms with Crippen LogP contribution in [-0.4, -0.2) is 43.2 Å². The number of guanidine groups is 1. The molecular formula is C24H34N4O3. The molecule has 0 saturated carbocycles. The Kier molecular flexibility index (Phi) is 7.38. The lowest BCUT2D eigenvalue weighted by Gasteiger charge is -2.21. The number of carbonyl (C=O) groups excluding carboxylic acids is 1. The van der Waals surface area contributed by atoms with E-state index >= 15 is 0 Å².